The van der Waals surface area contributed by atoms with Gasteiger partial charge < -0.3 is 24.3 Å². The Hall–Kier alpha value is -3.23. The van der Waals surface area contributed by atoms with E-state index >= 15 is 0 Å². The number of methoxy groups -OCH3 is 3. The first-order chi connectivity index (χ1) is 11.9. The number of carbonyl (C=O) groups excluding carboxylic acids is 3. The minimum atomic E-state index is -0.749. The monoisotopic (exact) mass is 352 g/mol. The Bertz CT molecular complexity index is 645. The van der Waals surface area contributed by atoms with Crippen molar-refractivity contribution in [1.82, 2.24) is 10.6 Å². The standard InChI is InChI=1S/C16H20N2O7/c1-17-16(21)18-13(19)9-25-14(20)6-5-10-7-11(22-2)15(24-4)12(8-10)23-3/h5-8H,9H2,1-4H3,(H2,17,18,19,21)/b6-5+. The summed E-state index contributed by atoms with van der Waals surface area (Å²) in [5.74, 6) is -0.204. The van der Waals surface area contributed by atoms with Crippen molar-refractivity contribution in [2.24, 2.45) is 0 Å². The number of hydrogen-bond donors (Lipinski definition) is 2. The predicted octanol–water partition coefficient (Wildman–Crippen LogP) is 0.724. The van der Waals surface area contributed by atoms with Crippen LogP contribution in [-0.2, 0) is 14.3 Å². The molecule has 0 spiro atoms. The van der Waals surface area contributed by atoms with Gasteiger partial charge in [0.2, 0.25) is 5.75 Å². The smallest absolute Gasteiger partial charge is 0.331 e. The van der Waals surface area contributed by atoms with Gasteiger partial charge in [-0.3, -0.25) is 10.1 Å². The Morgan fingerprint density at radius 2 is 1.64 bits per heavy atom. The lowest BCUT2D eigenvalue weighted by Gasteiger charge is -2.12. The van der Waals surface area contributed by atoms with Crippen molar-refractivity contribution in [2.45, 2.75) is 0 Å². The lowest BCUT2D eigenvalue weighted by Crippen LogP contribution is -2.39. The quantitative estimate of drug-likeness (QED) is 0.549. The van der Waals surface area contributed by atoms with Gasteiger partial charge in [-0.2, -0.15) is 0 Å². The van der Waals surface area contributed by atoms with E-state index in [2.05, 4.69) is 5.32 Å². The van der Waals surface area contributed by atoms with Crippen molar-refractivity contribution in [3.63, 3.8) is 0 Å². The molecule has 1 rings (SSSR count). The summed E-state index contributed by atoms with van der Waals surface area (Å²) in [4.78, 5) is 33.9. The Morgan fingerprint density at radius 1 is 1.04 bits per heavy atom. The summed E-state index contributed by atoms with van der Waals surface area (Å²) < 4.78 is 20.3. The van der Waals surface area contributed by atoms with Crippen molar-refractivity contribution in [2.75, 3.05) is 35.0 Å². The van der Waals surface area contributed by atoms with E-state index in [1.54, 1.807) is 12.1 Å². The molecule has 3 amide bonds. The highest BCUT2D eigenvalue weighted by Gasteiger charge is 2.12. The number of amides is 3. The van der Waals surface area contributed by atoms with Gasteiger partial charge >= 0.3 is 12.0 Å². The molecule has 0 aromatic heterocycles. The average molecular weight is 352 g/mol. The highest BCUT2D eigenvalue weighted by Crippen LogP contribution is 2.38. The second-order valence-electron chi connectivity index (χ2n) is 4.53. The zero-order chi connectivity index (χ0) is 18.8. The fourth-order valence-electron chi connectivity index (χ4n) is 1.77. The number of nitrogens with one attached hydrogen (secondary N) is 2. The van der Waals surface area contributed by atoms with E-state index in [1.165, 1.54) is 34.5 Å². The third-order valence-corrected chi connectivity index (χ3v) is 2.92. The van der Waals surface area contributed by atoms with Gasteiger partial charge in [-0.15, -0.1) is 0 Å². The molecule has 0 fully saturated rings. The van der Waals surface area contributed by atoms with Gasteiger partial charge in [0.15, 0.2) is 18.1 Å². The zero-order valence-corrected chi connectivity index (χ0v) is 14.4. The highest BCUT2D eigenvalue weighted by atomic mass is 16.5. The minimum absolute atomic E-state index is 0.426. The van der Waals surface area contributed by atoms with Gasteiger partial charge in [0.1, 0.15) is 0 Å². The van der Waals surface area contributed by atoms with Crippen molar-refractivity contribution in [1.29, 1.82) is 0 Å². The van der Waals surface area contributed by atoms with Gasteiger partial charge in [-0.05, 0) is 23.8 Å². The molecule has 0 saturated heterocycles. The fraction of sp³-hybridized carbons (Fsp3) is 0.312. The first kappa shape index (κ1) is 19.8. The van der Waals surface area contributed by atoms with Crippen LogP contribution >= 0.6 is 0 Å². The van der Waals surface area contributed by atoms with E-state index < -0.39 is 24.5 Å². The summed E-state index contributed by atoms with van der Waals surface area (Å²) >= 11 is 0. The third-order valence-electron chi connectivity index (χ3n) is 2.92. The van der Waals surface area contributed by atoms with Crippen molar-refractivity contribution < 1.29 is 33.3 Å². The number of esters is 1. The second-order valence-corrected chi connectivity index (χ2v) is 4.53. The van der Waals surface area contributed by atoms with Gasteiger partial charge in [0, 0.05) is 13.1 Å². The van der Waals surface area contributed by atoms with E-state index in [1.807, 2.05) is 5.32 Å². The zero-order valence-electron chi connectivity index (χ0n) is 14.4. The van der Waals surface area contributed by atoms with Gasteiger partial charge in [-0.1, -0.05) is 0 Å². The first-order valence-corrected chi connectivity index (χ1v) is 7.11. The van der Waals surface area contributed by atoms with Crippen LogP contribution in [0.5, 0.6) is 17.2 Å². The molecular formula is C16H20N2O7. The number of rotatable bonds is 7. The Morgan fingerprint density at radius 3 is 2.12 bits per heavy atom. The number of benzene rings is 1. The molecule has 0 atom stereocenters. The maximum Gasteiger partial charge on any atom is 0.331 e. The van der Waals surface area contributed by atoms with Crippen LogP contribution in [0.3, 0.4) is 0 Å². The normalized spacial score (nSPS) is 10.1. The molecule has 0 aliphatic rings. The molecule has 0 unspecified atom stereocenters. The lowest BCUT2D eigenvalue weighted by molar-refractivity contribution is -0.143. The van der Waals surface area contributed by atoms with E-state index in [0.717, 1.165) is 6.08 Å². The molecule has 0 bridgehead atoms. The van der Waals surface area contributed by atoms with E-state index in [9.17, 15) is 14.4 Å². The van der Waals surface area contributed by atoms with Crippen LogP contribution in [0.25, 0.3) is 6.08 Å². The predicted molar refractivity (Wildman–Crippen MR) is 88.7 cm³/mol. The molecule has 0 aliphatic carbocycles. The molecule has 136 valence electrons. The van der Waals surface area contributed by atoms with Crippen LogP contribution < -0.4 is 24.8 Å². The Labute approximate surface area is 144 Å². The highest BCUT2D eigenvalue weighted by molar-refractivity contribution is 5.96. The van der Waals surface area contributed by atoms with Gasteiger partial charge in [0.25, 0.3) is 5.91 Å². The van der Waals surface area contributed by atoms with Gasteiger partial charge in [0.05, 0.1) is 21.3 Å². The second kappa shape index (κ2) is 9.81. The van der Waals surface area contributed by atoms with E-state index in [0.29, 0.717) is 22.8 Å². The summed E-state index contributed by atoms with van der Waals surface area (Å²) in [6.45, 7) is -0.578. The fourth-order valence-corrected chi connectivity index (χ4v) is 1.77. The molecule has 0 radical (unpaired) electrons. The van der Waals surface area contributed by atoms with E-state index in [4.69, 9.17) is 18.9 Å². The first-order valence-electron chi connectivity index (χ1n) is 7.11. The molecule has 9 nitrogen and oxygen atoms in total. The summed E-state index contributed by atoms with van der Waals surface area (Å²) in [6.07, 6.45) is 2.59. The maximum atomic E-state index is 11.6. The number of hydrogen-bond acceptors (Lipinski definition) is 7. The summed E-state index contributed by atoms with van der Waals surface area (Å²) in [5, 5.41) is 4.17. The Balaban J connectivity index is 2.73. The maximum absolute atomic E-state index is 11.6. The molecule has 0 aliphatic heterocycles. The van der Waals surface area contributed by atoms with E-state index in [-0.39, 0.29) is 0 Å². The van der Waals surface area contributed by atoms with Crippen LogP contribution in [0.2, 0.25) is 0 Å². The minimum Gasteiger partial charge on any atom is -0.493 e. The Kier molecular flexibility index (Phi) is 7.77. The van der Waals surface area contributed by atoms with Crippen LogP contribution in [0, 0.1) is 0 Å². The molecule has 1 aromatic rings. The molecule has 9 heteroatoms. The summed E-state index contributed by atoms with van der Waals surface area (Å²) in [7, 11) is 5.79. The third kappa shape index (κ3) is 6.05. The number of imide groups is 1. The largest absolute Gasteiger partial charge is 0.493 e. The SMILES string of the molecule is CNC(=O)NC(=O)COC(=O)/C=C/c1cc(OC)c(OC)c(OC)c1. The molecule has 25 heavy (non-hydrogen) atoms. The number of ether oxygens (including phenoxy) is 4. The van der Waals surface area contributed by atoms with Crippen LogP contribution in [0.15, 0.2) is 18.2 Å². The van der Waals surface area contributed by atoms with Crippen LogP contribution in [0.4, 0.5) is 4.79 Å². The molecule has 2 N–H and O–H groups in total. The number of urea groups is 1. The topological polar surface area (TPSA) is 112 Å². The van der Waals surface area contributed by atoms with Crippen molar-refractivity contribution >= 4 is 24.0 Å². The molecule has 0 heterocycles. The lowest BCUT2D eigenvalue weighted by atomic mass is 10.1. The summed E-state index contributed by atoms with van der Waals surface area (Å²) in [5.41, 5.74) is 0.598. The molecular weight excluding hydrogens is 332 g/mol. The summed E-state index contributed by atoms with van der Waals surface area (Å²) in [6, 6.07) is 2.60. The molecule has 1 aromatic carbocycles. The number of carbonyl (C=O) groups is 3. The van der Waals surface area contributed by atoms with Crippen molar-refractivity contribution in [3.05, 3.63) is 23.8 Å². The average Bonchev–Trinajstić information content (AvgIpc) is 2.63. The molecule has 0 saturated carbocycles. The van der Waals surface area contributed by atoms with Gasteiger partial charge in [-0.25, -0.2) is 9.59 Å². The van der Waals surface area contributed by atoms with Crippen molar-refractivity contribution in [3.8, 4) is 17.2 Å². The van der Waals surface area contributed by atoms with Crippen LogP contribution in [0.1, 0.15) is 5.56 Å². The van der Waals surface area contributed by atoms with Crippen LogP contribution in [-0.4, -0.2) is 52.9 Å².